The third-order valence-corrected chi connectivity index (χ3v) is 3.61. The van der Waals surface area contributed by atoms with Gasteiger partial charge in [-0.3, -0.25) is 4.98 Å². The summed E-state index contributed by atoms with van der Waals surface area (Å²) in [5.41, 5.74) is 2.71. The highest BCUT2D eigenvalue weighted by atomic mass is 79.9. The number of fused-ring (bicyclic) bond motifs is 1. The SMILES string of the molecule is CCOC(=O)c1cncc(-c2ncnc3ccc(Br)cc23)c1. The highest BCUT2D eigenvalue weighted by Gasteiger charge is 2.12. The summed E-state index contributed by atoms with van der Waals surface area (Å²) in [6.45, 7) is 2.09. The van der Waals surface area contributed by atoms with Crippen LogP contribution in [-0.2, 0) is 4.74 Å². The van der Waals surface area contributed by atoms with Crippen LogP contribution in [0, 0.1) is 0 Å². The van der Waals surface area contributed by atoms with Gasteiger partial charge in [0.15, 0.2) is 0 Å². The number of hydrogen-bond acceptors (Lipinski definition) is 5. The Morgan fingerprint density at radius 3 is 2.91 bits per heavy atom. The molecule has 0 radical (unpaired) electrons. The first-order chi connectivity index (χ1) is 10.7. The first-order valence-corrected chi connectivity index (χ1v) is 7.51. The van der Waals surface area contributed by atoms with E-state index in [4.69, 9.17) is 4.74 Å². The van der Waals surface area contributed by atoms with Crippen LogP contribution in [-0.4, -0.2) is 27.5 Å². The van der Waals surface area contributed by atoms with Crippen LogP contribution in [0.1, 0.15) is 17.3 Å². The van der Waals surface area contributed by atoms with Gasteiger partial charge in [-0.05, 0) is 31.2 Å². The molecule has 0 aliphatic carbocycles. The second kappa shape index (κ2) is 6.19. The summed E-state index contributed by atoms with van der Waals surface area (Å²) in [7, 11) is 0. The van der Waals surface area contributed by atoms with Gasteiger partial charge in [0, 0.05) is 27.8 Å². The van der Waals surface area contributed by atoms with E-state index in [9.17, 15) is 4.79 Å². The zero-order chi connectivity index (χ0) is 15.5. The van der Waals surface area contributed by atoms with Gasteiger partial charge in [0.2, 0.25) is 0 Å². The second-order valence-corrected chi connectivity index (χ2v) is 5.48. The van der Waals surface area contributed by atoms with Crippen LogP contribution in [0.2, 0.25) is 0 Å². The van der Waals surface area contributed by atoms with Crippen molar-refractivity contribution in [2.45, 2.75) is 6.92 Å². The minimum Gasteiger partial charge on any atom is -0.462 e. The molecule has 110 valence electrons. The number of aromatic nitrogens is 3. The van der Waals surface area contributed by atoms with Crippen molar-refractivity contribution in [2.75, 3.05) is 6.61 Å². The van der Waals surface area contributed by atoms with Crippen LogP contribution in [0.3, 0.4) is 0 Å². The molecule has 0 unspecified atom stereocenters. The zero-order valence-corrected chi connectivity index (χ0v) is 13.4. The lowest BCUT2D eigenvalue weighted by atomic mass is 10.1. The number of benzene rings is 1. The van der Waals surface area contributed by atoms with Gasteiger partial charge in [0.1, 0.15) is 6.33 Å². The van der Waals surface area contributed by atoms with Gasteiger partial charge in [-0.25, -0.2) is 14.8 Å². The first kappa shape index (κ1) is 14.6. The van der Waals surface area contributed by atoms with Gasteiger partial charge < -0.3 is 4.74 Å². The molecule has 2 heterocycles. The average Bonchev–Trinajstić information content (AvgIpc) is 2.54. The smallest absolute Gasteiger partial charge is 0.339 e. The summed E-state index contributed by atoms with van der Waals surface area (Å²) in [5, 5.41) is 0.889. The van der Waals surface area contributed by atoms with Gasteiger partial charge in [0.05, 0.1) is 23.4 Å². The van der Waals surface area contributed by atoms with Crippen LogP contribution in [0.15, 0.2) is 47.5 Å². The summed E-state index contributed by atoms with van der Waals surface area (Å²) in [6, 6.07) is 7.51. The standard InChI is InChI=1S/C16H12BrN3O2/c1-2-22-16(21)11-5-10(7-18-8-11)15-13-6-12(17)3-4-14(13)19-9-20-15/h3-9H,2H2,1H3. The van der Waals surface area contributed by atoms with Gasteiger partial charge in [-0.1, -0.05) is 15.9 Å². The van der Waals surface area contributed by atoms with Crippen LogP contribution in [0.4, 0.5) is 0 Å². The molecule has 2 aromatic heterocycles. The van der Waals surface area contributed by atoms with Crippen molar-refractivity contribution >= 4 is 32.8 Å². The normalized spacial score (nSPS) is 10.6. The highest BCUT2D eigenvalue weighted by molar-refractivity contribution is 9.10. The Morgan fingerprint density at radius 2 is 2.09 bits per heavy atom. The second-order valence-electron chi connectivity index (χ2n) is 4.57. The van der Waals surface area contributed by atoms with E-state index in [2.05, 4.69) is 30.9 Å². The number of halogens is 1. The minimum absolute atomic E-state index is 0.326. The fourth-order valence-corrected chi connectivity index (χ4v) is 2.52. The number of ether oxygens (including phenoxy) is 1. The van der Waals surface area contributed by atoms with E-state index in [1.807, 2.05) is 18.2 Å². The van der Waals surface area contributed by atoms with Crippen LogP contribution >= 0.6 is 15.9 Å². The van der Waals surface area contributed by atoms with Gasteiger partial charge in [-0.2, -0.15) is 0 Å². The molecule has 0 atom stereocenters. The third-order valence-electron chi connectivity index (χ3n) is 3.12. The molecule has 0 saturated heterocycles. The molecule has 3 aromatic rings. The summed E-state index contributed by atoms with van der Waals surface area (Å²) in [4.78, 5) is 24.6. The van der Waals surface area contributed by atoms with Crippen molar-refractivity contribution in [1.29, 1.82) is 0 Å². The number of nitrogens with zero attached hydrogens (tertiary/aromatic N) is 3. The summed E-state index contributed by atoms with van der Waals surface area (Å²) in [6.07, 6.45) is 4.66. The fourth-order valence-electron chi connectivity index (χ4n) is 2.15. The number of rotatable bonds is 3. The van der Waals surface area contributed by atoms with E-state index in [1.165, 1.54) is 12.5 Å². The lowest BCUT2D eigenvalue weighted by molar-refractivity contribution is 0.0526. The molecule has 0 amide bonds. The van der Waals surface area contributed by atoms with Crippen molar-refractivity contribution in [3.8, 4) is 11.3 Å². The first-order valence-electron chi connectivity index (χ1n) is 6.72. The maximum absolute atomic E-state index is 11.8. The van der Waals surface area contributed by atoms with Crippen molar-refractivity contribution in [3.05, 3.63) is 53.0 Å². The van der Waals surface area contributed by atoms with E-state index in [-0.39, 0.29) is 0 Å². The van der Waals surface area contributed by atoms with Gasteiger partial charge in [-0.15, -0.1) is 0 Å². The summed E-state index contributed by atoms with van der Waals surface area (Å²) in [5.74, 6) is -0.392. The fraction of sp³-hybridized carbons (Fsp3) is 0.125. The Morgan fingerprint density at radius 1 is 1.23 bits per heavy atom. The summed E-state index contributed by atoms with van der Waals surface area (Å²) >= 11 is 3.45. The average molecular weight is 358 g/mol. The molecule has 6 heteroatoms. The van der Waals surface area contributed by atoms with Gasteiger partial charge in [0.25, 0.3) is 0 Å². The third kappa shape index (κ3) is 2.82. The lowest BCUT2D eigenvalue weighted by Crippen LogP contribution is -2.05. The molecule has 0 saturated carbocycles. The Kier molecular flexibility index (Phi) is 4.11. The van der Waals surface area contributed by atoms with E-state index in [1.54, 1.807) is 19.2 Å². The number of pyridine rings is 1. The maximum Gasteiger partial charge on any atom is 0.339 e. The largest absolute Gasteiger partial charge is 0.462 e. The number of carbonyl (C=O) groups is 1. The molecule has 1 aromatic carbocycles. The molecule has 0 bridgehead atoms. The minimum atomic E-state index is -0.392. The molecule has 0 aliphatic heterocycles. The van der Waals surface area contributed by atoms with Crippen molar-refractivity contribution < 1.29 is 9.53 Å². The molecule has 0 spiro atoms. The molecular weight excluding hydrogens is 346 g/mol. The summed E-state index contributed by atoms with van der Waals surface area (Å²) < 4.78 is 5.94. The predicted octanol–water partition coefficient (Wildman–Crippen LogP) is 3.63. The molecular formula is C16H12BrN3O2. The predicted molar refractivity (Wildman–Crippen MR) is 86.4 cm³/mol. The Balaban J connectivity index is 2.13. The topological polar surface area (TPSA) is 65.0 Å². The zero-order valence-electron chi connectivity index (χ0n) is 11.8. The molecule has 3 rings (SSSR count). The van der Waals surface area contributed by atoms with E-state index in [0.29, 0.717) is 12.2 Å². The van der Waals surface area contributed by atoms with Crippen molar-refractivity contribution in [3.63, 3.8) is 0 Å². The Bertz CT molecular complexity index is 852. The van der Waals surface area contributed by atoms with Crippen molar-refractivity contribution in [2.24, 2.45) is 0 Å². The lowest BCUT2D eigenvalue weighted by Gasteiger charge is -2.07. The number of hydrogen-bond donors (Lipinski definition) is 0. The highest BCUT2D eigenvalue weighted by Crippen LogP contribution is 2.27. The van der Waals surface area contributed by atoms with E-state index < -0.39 is 5.97 Å². The van der Waals surface area contributed by atoms with Crippen LogP contribution in [0.25, 0.3) is 22.2 Å². The van der Waals surface area contributed by atoms with E-state index >= 15 is 0 Å². The monoisotopic (exact) mass is 357 g/mol. The Hall–Kier alpha value is -2.34. The maximum atomic E-state index is 11.8. The molecule has 0 aliphatic rings. The number of carbonyl (C=O) groups excluding carboxylic acids is 1. The van der Waals surface area contributed by atoms with Gasteiger partial charge >= 0.3 is 5.97 Å². The molecule has 0 N–H and O–H groups in total. The Labute approximate surface area is 135 Å². The van der Waals surface area contributed by atoms with Crippen LogP contribution in [0.5, 0.6) is 0 Å². The molecule has 0 fully saturated rings. The molecule has 5 nitrogen and oxygen atoms in total. The molecule has 22 heavy (non-hydrogen) atoms. The van der Waals surface area contributed by atoms with E-state index in [0.717, 1.165) is 26.6 Å². The number of esters is 1. The van der Waals surface area contributed by atoms with Crippen LogP contribution < -0.4 is 0 Å². The quantitative estimate of drug-likeness (QED) is 0.669. The van der Waals surface area contributed by atoms with Crippen molar-refractivity contribution in [1.82, 2.24) is 15.0 Å².